The van der Waals surface area contributed by atoms with Crippen LogP contribution in [0, 0.1) is 0 Å². The number of rotatable bonds is 31. The molecule has 3 N–H and O–H groups in total. The highest BCUT2D eigenvalue weighted by Gasteiger charge is 2.36. The monoisotopic (exact) mass is 580 g/mol. The Morgan fingerprint density at radius 1 is 0.707 bits per heavy atom. The lowest BCUT2D eigenvalue weighted by Crippen LogP contribution is -2.45. The maximum Gasteiger partial charge on any atom is 0.220 e. The molecule has 1 heterocycles. The summed E-state index contributed by atoms with van der Waals surface area (Å²) in [5.41, 5.74) is 0. The summed E-state index contributed by atoms with van der Waals surface area (Å²) in [6.45, 7) is 4.31. The number of ether oxygens (including phenoxy) is 1. The van der Waals surface area contributed by atoms with E-state index in [1.54, 1.807) is 0 Å². The predicted molar refractivity (Wildman–Crippen MR) is 174 cm³/mol. The Hall–Kier alpha value is -0.910. The molecule has 41 heavy (non-hydrogen) atoms. The highest BCUT2D eigenvalue weighted by molar-refractivity contribution is 5.76. The van der Waals surface area contributed by atoms with Gasteiger partial charge in [-0.2, -0.15) is 0 Å². The topological polar surface area (TPSA) is 82.1 Å². The summed E-state index contributed by atoms with van der Waals surface area (Å²) >= 11 is 0. The minimum absolute atomic E-state index is 0.0494. The molecule has 0 aromatic rings. The Bertz CT molecular complexity index is 610. The van der Waals surface area contributed by atoms with E-state index in [2.05, 4.69) is 31.3 Å². The Morgan fingerprint density at radius 3 is 1.85 bits per heavy atom. The lowest BCUT2D eigenvalue weighted by atomic mass is 10.0. The van der Waals surface area contributed by atoms with Gasteiger partial charge in [0.15, 0.2) is 0 Å². The van der Waals surface area contributed by atoms with E-state index in [9.17, 15) is 15.0 Å². The quantitative estimate of drug-likeness (QED) is 0.0434. The smallest absolute Gasteiger partial charge is 0.220 e. The number of nitrogens with one attached hydrogen (secondary N) is 1. The molecule has 0 bridgehead atoms. The molecule has 0 spiro atoms. The molecule has 0 radical (unpaired) electrons. The van der Waals surface area contributed by atoms with Crippen molar-refractivity contribution in [3.63, 3.8) is 0 Å². The number of unbranched alkanes of at least 4 members (excludes halogenated alkanes) is 19. The van der Waals surface area contributed by atoms with Crippen molar-refractivity contribution in [3.05, 3.63) is 12.2 Å². The first kappa shape index (κ1) is 38.1. The molecular formula is C36H69NO4. The van der Waals surface area contributed by atoms with Gasteiger partial charge in [-0.1, -0.05) is 148 Å². The molecule has 0 aliphatic carbocycles. The van der Waals surface area contributed by atoms with E-state index in [0.717, 1.165) is 44.9 Å². The molecule has 5 nitrogen and oxygen atoms in total. The van der Waals surface area contributed by atoms with Gasteiger partial charge in [-0.25, -0.2) is 0 Å². The van der Waals surface area contributed by atoms with Gasteiger partial charge in [-0.3, -0.25) is 4.79 Å². The molecule has 0 saturated carbocycles. The lowest BCUT2D eigenvalue weighted by Gasteiger charge is -2.22. The van der Waals surface area contributed by atoms with Gasteiger partial charge in [-0.15, -0.1) is 0 Å². The third-order valence-corrected chi connectivity index (χ3v) is 8.70. The van der Waals surface area contributed by atoms with Crippen molar-refractivity contribution in [2.45, 2.75) is 205 Å². The average Bonchev–Trinajstić information content (AvgIpc) is 3.73. The van der Waals surface area contributed by atoms with Crippen LogP contribution in [0.4, 0.5) is 0 Å². The van der Waals surface area contributed by atoms with Crippen LogP contribution in [-0.4, -0.2) is 47.1 Å². The predicted octanol–water partition coefficient (Wildman–Crippen LogP) is 9.33. The number of hydrogen-bond acceptors (Lipinski definition) is 4. The number of hydrogen-bond donors (Lipinski definition) is 3. The molecular weight excluding hydrogens is 510 g/mol. The average molecular weight is 580 g/mol. The molecule has 0 aromatic carbocycles. The van der Waals surface area contributed by atoms with Crippen LogP contribution < -0.4 is 5.32 Å². The van der Waals surface area contributed by atoms with E-state index >= 15 is 0 Å². The fourth-order valence-corrected chi connectivity index (χ4v) is 5.78. The first-order valence-electron chi connectivity index (χ1n) is 18.0. The fourth-order valence-electron chi connectivity index (χ4n) is 5.78. The zero-order valence-corrected chi connectivity index (χ0v) is 27.3. The van der Waals surface area contributed by atoms with E-state index in [-0.39, 0.29) is 12.5 Å². The largest absolute Gasteiger partial charge is 0.394 e. The molecule has 1 rings (SSSR count). The van der Waals surface area contributed by atoms with Gasteiger partial charge in [0.05, 0.1) is 31.0 Å². The van der Waals surface area contributed by atoms with Crippen molar-refractivity contribution in [1.82, 2.24) is 5.32 Å². The van der Waals surface area contributed by atoms with Gasteiger partial charge >= 0.3 is 0 Å². The van der Waals surface area contributed by atoms with Crippen molar-refractivity contribution < 1.29 is 19.7 Å². The highest BCUT2D eigenvalue weighted by atomic mass is 16.6. The van der Waals surface area contributed by atoms with Crippen LogP contribution in [0.1, 0.15) is 181 Å². The summed E-state index contributed by atoms with van der Waals surface area (Å²) in [7, 11) is 0. The zero-order valence-electron chi connectivity index (χ0n) is 27.3. The molecule has 0 aromatic heterocycles. The van der Waals surface area contributed by atoms with Crippen molar-refractivity contribution in [2.75, 3.05) is 6.61 Å². The lowest BCUT2D eigenvalue weighted by molar-refractivity contribution is -0.123. The van der Waals surface area contributed by atoms with Gasteiger partial charge in [0.25, 0.3) is 0 Å². The number of carbonyl (C=O) groups is 1. The molecule has 242 valence electrons. The van der Waals surface area contributed by atoms with Gasteiger partial charge in [0, 0.05) is 6.42 Å². The summed E-state index contributed by atoms with van der Waals surface area (Å²) in [6, 6.07) is -0.542. The number of epoxide rings is 1. The third kappa shape index (κ3) is 23.3. The van der Waals surface area contributed by atoms with Crippen molar-refractivity contribution in [1.29, 1.82) is 0 Å². The van der Waals surface area contributed by atoms with Crippen LogP contribution in [0.3, 0.4) is 0 Å². The number of allylic oxidation sites excluding steroid dienone is 1. The van der Waals surface area contributed by atoms with Crippen molar-refractivity contribution in [2.24, 2.45) is 0 Å². The molecule has 1 saturated heterocycles. The molecule has 1 aliphatic heterocycles. The van der Waals surface area contributed by atoms with Gasteiger partial charge < -0.3 is 20.3 Å². The van der Waals surface area contributed by atoms with Crippen LogP contribution in [0.2, 0.25) is 0 Å². The third-order valence-electron chi connectivity index (χ3n) is 8.70. The number of aliphatic hydroxyl groups excluding tert-OH is 2. The van der Waals surface area contributed by atoms with E-state index in [4.69, 9.17) is 4.74 Å². The zero-order chi connectivity index (χ0) is 29.8. The minimum Gasteiger partial charge on any atom is -0.394 e. The second-order valence-corrected chi connectivity index (χ2v) is 12.7. The molecule has 5 heteroatoms. The molecule has 1 aliphatic rings. The van der Waals surface area contributed by atoms with Crippen LogP contribution in [0.25, 0.3) is 0 Å². The summed E-state index contributed by atoms with van der Waals surface area (Å²) in [6.07, 6.45) is 35.7. The molecule has 4 atom stereocenters. The maximum atomic E-state index is 12.3. The van der Waals surface area contributed by atoms with Gasteiger partial charge in [0.2, 0.25) is 5.91 Å². The Labute approximate surface area is 254 Å². The summed E-state index contributed by atoms with van der Waals surface area (Å²) in [5, 5.41) is 23.0. The highest BCUT2D eigenvalue weighted by Crippen LogP contribution is 2.30. The van der Waals surface area contributed by atoms with Crippen LogP contribution in [-0.2, 0) is 9.53 Å². The number of aliphatic hydroxyl groups is 2. The van der Waals surface area contributed by atoms with E-state index in [0.29, 0.717) is 25.0 Å². The van der Waals surface area contributed by atoms with Crippen molar-refractivity contribution >= 4 is 5.91 Å². The van der Waals surface area contributed by atoms with Gasteiger partial charge in [0.1, 0.15) is 0 Å². The number of carbonyl (C=O) groups excluding carboxylic acids is 1. The fraction of sp³-hybridized carbons (Fsp3) is 0.917. The first-order chi connectivity index (χ1) is 20.1. The summed E-state index contributed by atoms with van der Waals surface area (Å²) < 4.78 is 5.74. The summed E-state index contributed by atoms with van der Waals surface area (Å²) in [5.74, 6) is -0.0494. The Balaban J connectivity index is 1.90. The van der Waals surface area contributed by atoms with Crippen LogP contribution >= 0.6 is 0 Å². The van der Waals surface area contributed by atoms with E-state index in [1.807, 2.05) is 0 Å². The van der Waals surface area contributed by atoms with Gasteiger partial charge in [-0.05, 0) is 38.5 Å². The van der Waals surface area contributed by atoms with E-state index < -0.39 is 12.1 Å². The molecule has 1 fully saturated rings. The SMILES string of the molecule is CCCCCCCCCCCCCCC[C@@H](O)[C@H](CO)NC(=O)CCCCCCC/C=C\CC1OC1CCCCC. The van der Waals surface area contributed by atoms with Crippen LogP contribution in [0.5, 0.6) is 0 Å². The second kappa shape index (κ2) is 27.9. The maximum absolute atomic E-state index is 12.3. The Kier molecular flexibility index (Phi) is 25.9. The standard InChI is InChI=1S/C36H69NO4/c1-3-5-7-8-9-10-11-12-13-14-17-20-24-27-33(39)32(31-38)37-36(40)30-26-22-19-16-15-18-21-25-29-35-34(41-35)28-23-6-4-2/h21,25,32-35,38-39H,3-20,22-24,26-31H2,1-2H3,(H,37,40)/b25-21-/t32-,33+,34?,35?/m0/s1. The minimum atomic E-state index is -0.664. The first-order valence-corrected chi connectivity index (χ1v) is 18.0. The molecule has 2 unspecified atom stereocenters. The molecule has 1 amide bonds. The van der Waals surface area contributed by atoms with Crippen LogP contribution in [0.15, 0.2) is 12.2 Å². The second-order valence-electron chi connectivity index (χ2n) is 12.7. The normalized spacial score (nSPS) is 18.1. The number of amides is 1. The van der Waals surface area contributed by atoms with E-state index in [1.165, 1.54) is 109 Å². The summed E-state index contributed by atoms with van der Waals surface area (Å²) in [4.78, 5) is 12.3. The Morgan fingerprint density at radius 2 is 1.24 bits per heavy atom. The van der Waals surface area contributed by atoms with Crippen molar-refractivity contribution in [3.8, 4) is 0 Å².